The third kappa shape index (κ3) is 7.34. The van der Waals surface area contributed by atoms with Gasteiger partial charge in [0, 0.05) is 5.56 Å². The highest BCUT2D eigenvalue weighted by molar-refractivity contribution is 6.87. The van der Waals surface area contributed by atoms with Gasteiger partial charge in [-0.1, -0.05) is 75.0 Å². The van der Waals surface area contributed by atoms with E-state index in [-0.39, 0.29) is 6.10 Å². The summed E-state index contributed by atoms with van der Waals surface area (Å²) in [5.74, 6) is 0. The number of rotatable bonds is 11. The van der Waals surface area contributed by atoms with E-state index in [2.05, 4.69) is 68.2 Å². The van der Waals surface area contributed by atoms with Gasteiger partial charge in [0.1, 0.15) is 8.07 Å². The van der Waals surface area contributed by atoms with E-state index in [9.17, 15) is 5.11 Å². The molecule has 142 valence electrons. The molecule has 0 saturated carbocycles. The first kappa shape index (κ1) is 20.7. The summed E-state index contributed by atoms with van der Waals surface area (Å²) in [5, 5.41) is 11.4. The lowest BCUT2D eigenvalue weighted by Crippen LogP contribution is -2.36. The molecule has 0 radical (unpaired) electrons. The summed E-state index contributed by atoms with van der Waals surface area (Å²) in [6.45, 7) is 6.78. The zero-order chi connectivity index (χ0) is 18.8. The van der Waals surface area contributed by atoms with Gasteiger partial charge in [-0.05, 0) is 43.7 Å². The van der Waals surface area contributed by atoms with Crippen LogP contribution in [-0.2, 0) is 6.42 Å². The van der Waals surface area contributed by atoms with E-state index in [1.807, 2.05) is 0 Å². The predicted octanol–water partition coefficient (Wildman–Crippen LogP) is 6.00. The summed E-state index contributed by atoms with van der Waals surface area (Å²) in [6, 6.07) is 12.7. The van der Waals surface area contributed by atoms with Crippen molar-refractivity contribution in [2.24, 2.45) is 0 Å². The number of allylic oxidation sites excluding steroid dienone is 2. The zero-order valence-electron chi connectivity index (χ0n) is 16.6. The molecule has 1 aromatic heterocycles. The molecule has 2 aromatic rings. The second kappa shape index (κ2) is 10.5. The molecule has 1 unspecified atom stereocenters. The average Bonchev–Trinajstić information content (AvgIpc) is 3.11. The van der Waals surface area contributed by atoms with E-state index in [0.29, 0.717) is 0 Å². The normalized spacial score (nSPS) is 13.4. The lowest BCUT2D eigenvalue weighted by atomic mass is 10.0. The molecular formula is C23H34O2Si. The quantitative estimate of drug-likeness (QED) is 0.299. The molecule has 0 fully saturated rings. The maximum atomic E-state index is 10.3. The Morgan fingerprint density at radius 1 is 1.00 bits per heavy atom. The Balaban J connectivity index is 1.54. The topological polar surface area (TPSA) is 33.4 Å². The van der Waals surface area contributed by atoms with Crippen LogP contribution in [0.2, 0.25) is 19.6 Å². The number of aryl methyl sites for hydroxylation is 1. The van der Waals surface area contributed by atoms with Gasteiger partial charge in [-0.2, -0.15) is 0 Å². The van der Waals surface area contributed by atoms with E-state index in [4.69, 9.17) is 4.42 Å². The molecule has 0 bridgehead atoms. The average molecular weight is 371 g/mol. The first-order valence-corrected chi connectivity index (χ1v) is 13.4. The number of aliphatic hydroxyl groups is 1. The molecule has 1 heterocycles. The highest BCUT2D eigenvalue weighted by atomic mass is 28.3. The Kier molecular flexibility index (Phi) is 8.40. The largest absolute Gasteiger partial charge is 0.474 e. The number of hydrogen-bond acceptors (Lipinski definition) is 2. The van der Waals surface area contributed by atoms with Crippen molar-refractivity contribution < 1.29 is 9.52 Å². The van der Waals surface area contributed by atoms with Crippen molar-refractivity contribution in [1.29, 1.82) is 0 Å². The summed E-state index contributed by atoms with van der Waals surface area (Å²) < 4.78 is 5.66. The second-order valence-corrected chi connectivity index (χ2v) is 13.1. The monoisotopic (exact) mass is 370 g/mol. The number of aliphatic hydroxyl groups excluding tert-OH is 1. The molecule has 1 N–H and O–H groups in total. The predicted molar refractivity (Wildman–Crippen MR) is 114 cm³/mol. The van der Waals surface area contributed by atoms with E-state index in [1.54, 1.807) is 6.26 Å². The Hall–Kier alpha value is -1.58. The van der Waals surface area contributed by atoms with Crippen LogP contribution in [-0.4, -0.2) is 13.2 Å². The summed E-state index contributed by atoms with van der Waals surface area (Å²) in [6.07, 6.45) is 13.6. The molecule has 0 spiro atoms. The van der Waals surface area contributed by atoms with Gasteiger partial charge in [0.25, 0.3) is 0 Å². The lowest BCUT2D eigenvalue weighted by Gasteiger charge is -2.11. The number of hydrogen-bond donors (Lipinski definition) is 1. The third-order valence-corrected chi connectivity index (χ3v) is 6.44. The van der Waals surface area contributed by atoms with E-state index < -0.39 is 8.07 Å². The van der Waals surface area contributed by atoms with E-state index in [1.165, 1.54) is 18.4 Å². The highest BCUT2D eigenvalue weighted by Gasteiger charge is 2.22. The minimum Gasteiger partial charge on any atom is -0.474 e. The molecule has 2 nitrogen and oxygen atoms in total. The first-order chi connectivity index (χ1) is 12.5. The van der Waals surface area contributed by atoms with Crippen LogP contribution in [0.5, 0.6) is 0 Å². The van der Waals surface area contributed by atoms with E-state index in [0.717, 1.165) is 43.1 Å². The number of unbranched alkanes of at least 4 members (excludes halogenated alkanes) is 3. The number of benzene rings is 1. The van der Waals surface area contributed by atoms with Gasteiger partial charge in [-0.25, -0.2) is 0 Å². The van der Waals surface area contributed by atoms with Crippen LogP contribution in [0.3, 0.4) is 0 Å². The minimum atomic E-state index is -1.43. The molecule has 0 saturated heterocycles. The smallest absolute Gasteiger partial charge is 0.123 e. The maximum absolute atomic E-state index is 10.3. The van der Waals surface area contributed by atoms with Crippen molar-refractivity contribution in [3.63, 3.8) is 0 Å². The summed E-state index contributed by atoms with van der Waals surface area (Å²) in [7, 11) is -1.43. The first-order valence-electron chi connectivity index (χ1n) is 9.93. The third-order valence-electron chi connectivity index (χ3n) is 4.70. The number of furan rings is 1. The summed E-state index contributed by atoms with van der Waals surface area (Å²) >= 11 is 0. The van der Waals surface area contributed by atoms with Crippen molar-refractivity contribution in [3.05, 3.63) is 65.9 Å². The lowest BCUT2D eigenvalue weighted by molar-refractivity contribution is 0.162. The Labute approximate surface area is 160 Å². The van der Waals surface area contributed by atoms with Gasteiger partial charge in [0.2, 0.25) is 0 Å². The summed E-state index contributed by atoms with van der Waals surface area (Å²) in [5.41, 5.74) is 2.35. The molecule has 0 amide bonds. The Morgan fingerprint density at radius 3 is 2.42 bits per heavy atom. The maximum Gasteiger partial charge on any atom is 0.123 e. The SMILES string of the molecule is C[Si](C)(C)c1cc(C(O)CCCCCC=CCCc2ccccc2)co1. The van der Waals surface area contributed by atoms with Gasteiger partial charge >= 0.3 is 0 Å². The van der Waals surface area contributed by atoms with Crippen LogP contribution in [0, 0.1) is 0 Å². The highest BCUT2D eigenvalue weighted by Crippen LogP contribution is 2.21. The molecule has 3 heteroatoms. The van der Waals surface area contributed by atoms with Crippen molar-refractivity contribution in [2.75, 3.05) is 0 Å². The summed E-state index contributed by atoms with van der Waals surface area (Å²) in [4.78, 5) is 0. The molecule has 0 aliphatic rings. The van der Waals surface area contributed by atoms with Crippen molar-refractivity contribution in [3.8, 4) is 0 Å². The Morgan fingerprint density at radius 2 is 1.73 bits per heavy atom. The molecule has 1 aromatic carbocycles. The van der Waals surface area contributed by atoms with Crippen molar-refractivity contribution in [2.45, 2.75) is 70.7 Å². The van der Waals surface area contributed by atoms with E-state index >= 15 is 0 Å². The molecule has 2 rings (SSSR count). The standard InChI is InChI=1S/C23H34O2Si/c1-26(2,3)23-18-21(19-25-23)22(24)17-13-8-6-4-5-7-10-14-20-15-11-9-12-16-20/h5,7,9,11-12,15-16,18-19,22,24H,4,6,8,10,13-14,17H2,1-3H3. The van der Waals surface area contributed by atoms with Crippen LogP contribution < -0.4 is 5.38 Å². The fourth-order valence-electron chi connectivity index (χ4n) is 2.99. The molecule has 1 atom stereocenters. The fraction of sp³-hybridized carbons (Fsp3) is 0.478. The van der Waals surface area contributed by atoms with Crippen molar-refractivity contribution >= 4 is 13.5 Å². The van der Waals surface area contributed by atoms with Crippen molar-refractivity contribution in [1.82, 2.24) is 0 Å². The fourth-order valence-corrected chi connectivity index (χ4v) is 4.00. The van der Waals surface area contributed by atoms with Gasteiger partial charge in [-0.3, -0.25) is 0 Å². The minimum absolute atomic E-state index is 0.384. The van der Waals surface area contributed by atoms with Crippen LogP contribution in [0.4, 0.5) is 0 Å². The van der Waals surface area contributed by atoms with Gasteiger partial charge in [0.15, 0.2) is 0 Å². The molecular weight excluding hydrogens is 336 g/mol. The zero-order valence-corrected chi connectivity index (χ0v) is 17.6. The van der Waals surface area contributed by atoms with Crippen LogP contribution in [0.25, 0.3) is 0 Å². The van der Waals surface area contributed by atoms with Gasteiger partial charge in [-0.15, -0.1) is 0 Å². The van der Waals surface area contributed by atoms with Crippen LogP contribution in [0.1, 0.15) is 55.8 Å². The van der Waals surface area contributed by atoms with Crippen LogP contribution >= 0.6 is 0 Å². The molecule has 0 aliphatic carbocycles. The van der Waals surface area contributed by atoms with Gasteiger partial charge < -0.3 is 9.52 Å². The second-order valence-electron chi connectivity index (χ2n) is 8.14. The molecule has 0 aliphatic heterocycles. The van der Waals surface area contributed by atoms with Crippen LogP contribution in [0.15, 0.2) is 59.2 Å². The van der Waals surface area contributed by atoms with Gasteiger partial charge in [0.05, 0.1) is 17.8 Å². The Bertz CT molecular complexity index is 652. The molecule has 26 heavy (non-hydrogen) atoms.